The van der Waals surface area contributed by atoms with Crippen molar-refractivity contribution in [1.29, 1.82) is 0 Å². The van der Waals surface area contributed by atoms with Crippen LogP contribution in [0.3, 0.4) is 0 Å². The van der Waals surface area contributed by atoms with Gasteiger partial charge in [0.2, 0.25) is 5.91 Å². The van der Waals surface area contributed by atoms with Gasteiger partial charge in [0, 0.05) is 31.1 Å². The zero-order valence-electron chi connectivity index (χ0n) is 14.2. The Hall–Kier alpha value is -1.81. The van der Waals surface area contributed by atoms with E-state index in [-0.39, 0.29) is 5.91 Å². The maximum atomic E-state index is 12.5. The Bertz CT molecular complexity index is 671. The summed E-state index contributed by atoms with van der Waals surface area (Å²) in [6.07, 6.45) is 6.06. The highest BCUT2D eigenvalue weighted by Gasteiger charge is 2.16. The highest BCUT2D eigenvalue weighted by Crippen LogP contribution is 2.23. The molecular weight excluding hydrogens is 288 g/mol. The number of hydrogen-bond donors (Lipinski definition) is 0. The molecule has 1 aliphatic rings. The zero-order valence-corrected chi connectivity index (χ0v) is 14.2. The molecule has 1 aliphatic heterocycles. The molecule has 0 unspecified atom stereocenters. The van der Waals surface area contributed by atoms with Gasteiger partial charge in [0.25, 0.3) is 0 Å². The lowest BCUT2D eigenvalue weighted by Crippen LogP contribution is -2.39. The van der Waals surface area contributed by atoms with Crippen molar-refractivity contribution in [2.75, 3.05) is 33.2 Å². The third-order valence-corrected chi connectivity index (χ3v) is 4.78. The van der Waals surface area contributed by atoms with Gasteiger partial charge in [0.05, 0.1) is 12.7 Å². The third kappa shape index (κ3) is 3.94. The number of furan rings is 1. The number of piperidine rings is 1. The zero-order chi connectivity index (χ0) is 16.2. The first-order valence-electron chi connectivity index (χ1n) is 8.56. The Morgan fingerprint density at radius 3 is 2.83 bits per heavy atom. The van der Waals surface area contributed by atoms with Crippen LogP contribution in [0.15, 0.2) is 28.9 Å². The van der Waals surface area contributed by atoms with Crippen LogP contribution < -0.4 is 0 Å². The second-order valence-electron chi connectivity index (χ2n) is 6.65. The summed E-state index contributed by atoms with van der Waals surface area (Å²) < 4.78 is 5.59. The normalized spacial score (nSPS) is 15.9. The summed E-state index contributed by atoms with van der Waals surface area (Å²) in [6.45, 7) is 6.17. The summed E-state index contributed by atoms with van der Waals surface area (Å²) in [4.78, 5) is 16.8. The average Bonchev–Trinajstić information content (AvgIpc) is 2.95. The number of carbonyl (C=O) groups is 1. The molecule has 2 aromatic rings. The Morgan fingerprint density at radius 2 is 2.04 bits per heavy atom. The standard InChI is InChI=1S/C19H26N2O2/c1-15-6-7-17-16(14-23-18(17)12-15)13-19(22)20(2)10-11-21-8-4-3-5-9-21/h6-7,12,14H,3-5,8-11,13H2,1-2H3. The van der Waals surface area contributed by atoms with Crippen LogP contribution in [0.2, 0.25) is 0 Å². The topological polar surface area (TPSA) is 36.7 Å². The molecule has 0 saturated carbocycles. The molecule has 0 radical (unpaired) electrons. The quantitative estimate of drug-likeness (QED) is 0.850. The second-order valence-corrected chi connectivity index (χ2v) is 6.65. The summed E-state index contributed by atoms with van der Waals surface area (Å²) in [5.41, 5.74) is 3.02. The summed E-state index contributed by atoms with van der Waals surface area (Å²) in [7, 11) is 1.90. The van der Waals surface area contributed by atoms with Gasteiger partial charge in [-0.3, -0.25) is 4.79 Å². The lowest BCUT2D eigenvalue weighted by atomic mass is 10.1. The van der Waals surface area contributed by atoms with Crippen molar-refractivity contribution in [1.82, 2.24) is 9.80 Å². The molecule has 0 aliphatic carbocycles. The number of hydrogen-bond acceptors (Lipinski definition) is 3. The van der Waals surface area contributed by atoms with Crippen molar-refractivity contribution in [2.45, 2.75) is 32.6 Å². The molecule has 1 fully saturated rings. The van der Waals surface area contributed by atoms with Crippen LogP contribution in [-0.4, -0.2) is 48.9 Å². The van der Waals surface area contributed by atoms with Crippen LogP contribution in [-0.2, 0) is 11.2 Å². The molecule has 23 heavy (non-hydrogen) atoms. The largest absolute Gasteiger partial charge is 0.464 e. The first kappa shape index (κ1) is 16.1. The molecule has 1 aromatic heterocycles. The maximum absolute atomic E-state index is 12.5. The molecule has 3 rings (SSSR count). The van der Waals surface area contributed by atoms with E-state index in [2.05, 4.69) is 11.0 Å². The number of fused-ring (bicyclic) bond motifs is 1. The van der Waals surface area contributed by atoms with Crippen molar-refractivity contribution in [3.8, 4) is 0 Å². The van der Waals surface area contributed by atoms with Gasteiger partial charge in [0.1, 0.15) is 5.58 Å². The number of amides is 1. The SMILES string of the molecule is Cc1ccc2c(CC(=O)N(C)CCN3CCCCC3)coc2c1. The van der Waals surface area contributed by atoms with Gasteiger partial charge in [0.15, 0.2) is 0 Å². The van der Waals surface area contributed by atoms with E-state index in [1.165, 1.54) is 37.9 Å². The van der Waals surface area contributed by atoms with E-state index >= 15 is 0 Å². The van der Waals surface area contributed by atoms with Crippen molar-refractivity contribution >= 4 is 16.9 Å². The summed E-state index contributed by atoms with van der Waals surface area (Å²) in [5.74, 6) is 0.158. The van der Waals surface area contributed by atoms with Crippen molar-refractivity contribution in [3.63, 3.8) is 0 Å². The Labute approximate surface area is 138 Å². The Balaban J connectivity index is 1.56. The van der Waals surface area contributed by atoms with E-state index in [0.717, 1.165) is 29.6 Å². The second kappa shape index (κ2) is 7.18. The fourth-order valence-corrected chi connectivity index (χ4v) is 3.22. The number of carbonyl (C=O) groups excluding carboxylic acids is 1. The minimum Gasteiger partial charge on any atom is -0.464 e. The molecule has 1 amide bonds. The van der Waals surface area contributed by atoms with Gasteiger partial charge in [-0.1, -0.05) is 18.6 Å². The van der Waals surface area contributed by atoms with Crippen molar-refractivity contribution in [2.24, 2.45) is 0 Å². The number of aryl methyl sites for hydroxylation is 1. The Morgan fingerprint density at radius 1 is 1.26 bits per heavy atom. The number of likely N-dealkylation sites (N-methyl/N-ethyl adjacent to an activating group) is 1. The first-order valence-corrected chi connectivity index (χ1v) is 8.56. The fourth-order valence-electron chi connectivity index (χ4n) is 3.22. The van der Waals surface area contributed by atoms with Crippen LogP contribution in [0.1, 0.15) is 30.4 Å². The van der Waals surface area contributed by atoms with E-state index in [1.807, 2.05) is 31.0 Å². The van der Waals surface area contributed by atoms with Gasteiger partial charge in [-0.25, -0.2) is 0 Å². The van der Waals surface area contributed by atoms with E-state index in [1.54, 1.807) is 6.26 Å². The minimum atomic E-state index is 0.158. The highest BCUT2D eigenvalue weighted by atomic mass is 16.3. The number of benzene rings is 1. The average molecular weight is 314 g/mol. The molecule has 0 N–H and O–H groups in total. The molecule has 0 bridgehead atoms. The van der Waals surface area contributed by atoms with Crippen molar-refractivity contribution in [3.05, 3.63) is 35.6 Å². The smallest absolute Gasteiger partial charge is 0.226 e. The van der Waals surface area contributed by atoms with E-state index < -0.39 is 0 Å². The molecular formula is C19H26N2O2. The molecule has 0 atom stereocenters. The van der Waals surface area contributed by atoms with Gasteiger partial charge in [-0.2, -0.15) is 0 Å². The number of rotatable bonds is 5. The van der Waals surface area contributed by atoms with Crippen LogP contribution in [0.25, 0.3) is 11.0 Å². The molecule has 1 aromatic carbocycles. The molecule has 1 saturated heterocycles. The number of nitrogens with zero attached hydrogens (tertiary/aromatic N) is 2. The molecule has 124 valence electrons. The maximum Gasteiger partial charge on any atom is 0.226 e. The lowest BCUT2D eigenvalue weighted by molar-refractivity contribution is -0.129. The van der Waals surface area contributed by atoms with Crippen molar-refractivity contribution < 1.29 is 9.21 Å². The highest BCUT2D eigenvalue weighted by molar-refractivity contribution is 5.87. The van der Waals surface area contributed by atoms with Gasteiger partial charge < -0.3 is 14.2 Å². The predicted octanol–water partition coefficient (Wildman–Crippen LogP) is 3.23. The molecule has 4 heteroatoms. The van der Waals surface area contributed by atoms with Crippen LogP contribution in [0, 0.1) is 6.92 Å². The first-order chi connectivity index (χ1) is 11.1. The van der Waals surface area contributed by atoms with E-state index in [4.69, 9.17) is 4.42 Å². The van der Waals surface area contributed by atoms with Gasteiger partial charge in [-0.15, -0.1) is 0 Å². The Kier molecular flexibility index (Phi) is 5.01. The monoisotopic (exact) mass is 314 g/mol. The summed E-state index contributed by atoms with van der Waals surface area (Å²) in [6, 6.07) is 6.12. The summed E-state index contributed by atoms with van der Waals surface area (Å²) in [5, 5.41) is 1.05. The van der Waals surface area contributed by atoms with Crippen LogP contribution in [0.4, 0.5) is 0 Å². The summed E-state index contributed by atoms with van der Waals surface area (Å²) >= 11 is 0. The molecule has 2 heterocycles. The van der Waals surface area contributed by atoms with E-state index in [9.17, 15) is 4.79 Å². The number of likely N-dealkylation sites (tertiary alicyclic amines) is 1. The molecule has 4 nitrogen and oxygen atoms in total. The fraction of sp³-hybridized carbons (Fsp3) is 0.526. The minimum absolute atomic E-state index is 0.158. The van der Waals surface area contributed by atoms with Crippen LogP contribution >= 0.6 is 0 Å². The van der Waals surface area contributed by atoms with E-state index in [0.29, 0.717) is 6.42 Å². The van der Waals surface area contributed by atoms with Gasteiger partial charge >= 0.3 is 0 Å². The molecule has 0 spiro atoms. The van der Waals surface area contributed by atoms with Gasteiger partial charge in [-0.05, 0) is 44.5 Å². The van der Waals surface area contributed by atoms with Crippen LogP contribution in [0.5, 0.6) is 0 Å². The third-order valence-electron chi connectivity index (χ3n) is 4.78. The predicted molar refractivity (Wildman–Crippen MR) is 92.6 cm³/mol. The lowest BCUT2D eigenvalue weighted by Gasteiger charge is -2.28.